The third-order valence-corrected chi connectivity index (χ3v) is 17.8. The number of hydrogen-bond donors (Lipinski definition) is 0. The molecule has 386 valence electrons. The largest absolute Gasteiger partial charge is 0.458 e. The summed E-state index contributed by atoms with van der Waals surface area (Å²) in [7, 11) is 0. The van der Waals surface area contributed by atoms with Gasteiger partial charge in [-0.1, -0.05) is 203 Å². The van der Waals surface area contributed by atoms with E-state index in [0.29, 0.717) is 0 Å². The zero-order valence-electron chi connectivity index (χ0n) is 45.5. The van der Waals surface area contributed by atoms with Gasteiger partial charge < -0.3 is 4.74 Å². The van der Waals surface area contributed by atoms with Crippen molar-refractivity contribution in [2.45, 2.75) is 31.6 Å². The van der Waals surface area contributed by atoms with Crippen LogP contribution in [0, 0.1) is 6.33 Å². The molecule has 4 heterocycles. The van der Waals surface area contributed by atoms with Crippen molar-refractivity contribution in [3.05, 3.63) is 295 Å². The number of hydrogen-bond acceptors (Lipinski definition) is 2. The zero-order chi connectivity index (χ0) is 54.4. The molecule has 17 rings (SSSR count). The molecule has 2 aliphatic carbocycles. The molecule has 0 amide bonds. The van der Waals surface area contributed by atoms with Crippen LogP contribution in [-0.2, 0) is 10.8 Å². The van der Waals surface area contributed by atoms with Gasteiger partial charge in [-0.2, -0.15) is 0 Å². The smallest absolute Gasteiger partial charge is 0.269 e. The number of rotatable bonds is 5. The Labute approximate surface area is 475 Å². The number of nitrogens with zero attached hydrogens (tertiary/aromatic N) is 4. The van der Waals surface area contributed by atoms with Crippen molar-refractivity contribution >= 4 is 32.8 Å². The lowest BCUT2D eigenvalue weighted by Crippen LogP contribution is -2.30. The highest BCUT2D eigenvalue weighted by Crippen LogP contribution is 2.63. The fraction of sp³-hybridized carbons (Fsp3) is 0.0649. The van der Waals surface area contributed by atoms with Crippen molar-refractivity contribution < 1.29 is 9.30 Å². The summed E-state index contributed by atoms with van der Waals surface area (Å²) in [5, 5.41) is 2.32. The summed E-state index contributed by atoms with van der Waals surface area (Å²) in [4.78, 5) is 4.92. The van der Waals surface area contributed by atoms with Crippen molar-refractivity contribution in [2.24, 2.45) is 0 Å². The highest BCUT2D eigenvalue weighted by molar-refractivity contribution is 6.10. The van der Waals surface area contributed by atoms with Gasteiger partial charge in [0.25, 0.3) is 6.33 Å². The normalized spacial score (nSPS) is 13.2. The Morgan fingerprint density at radius 2 is 0.976 bits per heavy atom. The minimum atomic E-state index is -0.383. The van der Waals surface area contributed by atoms with Gasteiger partial charge in [0, 0.05) is 23.0 Å². The molecule has 0 unspecified atom stereocenters. The summed E-state index contributed by atoms with van der Waals surface area (Å²) < 4.78 is 13.6. The Bertz CT molecular complexity index is 4980. The van der Waals surface area contributed by atoms with Crippen LogP contribution in [0.3, 0.4) is 0 Å². The van der Waals surface area contributed by atoms with Crippen molar-refractivity contribution in [2.75, 3.05) is 0 Å². The molecule has 1 aliphatic heterocycles. The number of benzene rings is 11. The molecule has 5 heteroatoms. The van der Waals surface area contributed by atoms with Crippen molar-refractivity contribution in [1.29, 1.82) is 0 Å². The van der Waals surface area contributed by atoms with Crippen LogP contribution in [0.2, 0.25) is 0 Å². The van der Waals surface area contributed by atoms with E-state index in [1.54, 1.807) is 0 Å². The Kier molecular flexibility index (Phi) is 9.83. The molecule has 0 radical (unpaired) electrons. The summed E-state index contributed by atoms with van der Waals surface area (Å²) in [6.45, 7) is 6.72. The molecule has 11 aromatic carbocycles. The van der Waals surface area contributed by atoms with E-state index in [9.17, 15) is 0 Å². The first-order chi connectivity index (χ1) is 40.3. The molecule has 0 saturated heterocycles. The summed E-state index contributed by atoms with van der Waals surface area (Å²) in [5.74, 6) is 2.35. The maximum Gasteiger partial charge on any atom is 0.269 e. The Hall–Kier alpha value is -10.4. The van der Waals surface area contributed by atoms with E-state index in [-0.39, 0.29) is 10.8 Å². The van der Waals surface area contributed by atoms with E-state index in [4.69, 9.17) is 9.72 Å². The summed E-state index contributed by atoms with van der Waals surface area (Å²) in [6, 6.07) is 93.5. The third-order valence-electron chi connectivity index (χ3n) is 17.8. The van der Waals surface area contributed by atoms with Gasteiger partial charge in [-0.15, -0.1) is 0 Å². The van der Waals surface area contributed by atoms with E-state index < -0.39 is 0 Å². The lowest BCUT2D eigenvalue weighted by Gasteiger charge is -2.30. The second-order valence-electron chi connectivity index (χ2n) is 23.2. The van der Waals surface area contributed by atoms with Crippen LogP contribution in [0.25, 0.3) is 117 Å². The molecule has 3 aromatic heterocycles. The van der Waals surface area contributed by atoms with Gasteiger partial charge in [-0.05, 0) is 167 Å². The molecule has 1 spiro atoms. The fourth-order valence-corrected chi connectivity index (χ4v) is 14.1. The molecule has 0 fully saturated rings. The van der Waals surface area contributed by atoms with Crippen LogP contribution in [-0.4, -0.2) is 14.1 Å². The van der Waals surface area contributed by atoms with E-state index in [1.165, 1.54) is 77.7 Å². The van der Waals surface area contributed by atoms with Crippen LogP contribution in [0.4, 0.5) is 0 Å². The molecule has 82 heavy (non-hydrogen) atoms. The van der Waals surface area contributed by atoms with Gasteiger partial charge in [0.1, 0.15) is 17.3 Å². The van der Waals surface area contributed by atoms with Gasteiger partial charge in [0.15, 0.2) is 0 Å². The van der Waals surface area contributed by atoms with E-state index >= 15 is 0 Å². The molecular formula is C77H52N4O. The second-order valence-corrected chi connectivity index (χ2v) is 23.2. The SMILES string of the molecule is CC(C)(C)c1ccnc(-n2c3ccccc3c3ccc(Oc4cccc(-n5[c-][n+]6c7c(cccc75)-c5ccccc5-c5cc(-c7ccc8c(c7)-c7ccccc7C87c8ccccc8-c8ccccc87)ccc5-c5ccccc5-6)c4)cc32)c1. The van der Waals surface area contributed by atoms with Crippen molar-refractivity contribution in [3.63, 3.8) is 0 Å². The first-order valence-corrected chi connectivity index (χ1v) is 28.3. The molecule has 0 N–H and O–H groups in total. The van der Waals surface area contributed by atoms with Gasteiger partial charge in [-0.25, -0.2) is 4.98 Å². The van der Waals surface area contributed by atoms with Gasteiger partial charge in [0.2, 0.25) is 0 Å². The Morgan fingerprint density at radius 1 is 0.415 bits per heavy atom. The first kappa shape index (κ1) is 46.5. The molecular weight excluding hydrogens is 997 g/mol. The van der Waals surface area contributed by atoms with E-state index in [2.05, 4.69) is 290 Å². The zero-order valence-corrected chi connectivity index (χ0v) is 45.5. The molecule has 5 nitrogen and oxygen atoms in total. The molecule has 0 atom stereocenters. The van der Waals surface area contributed by atoms with Gasteiger partial charge in [-0.3, -0.25) is 13.7 Å². The number of ether oxygens (including phenoxy) is 1. The molecule has 0 saturated carbocycles. The minimum Gasteiger partial charge on any atom is -0.458 e. The standard InChI is InChI=1S/C77H52N4O/c1-76(2,3)50-40-41-78-74(44-50)81-71-32-15-10-26-61(71)62-38-36-53(46-73(62)81)82-52-19-16-18-51(45-52)79-47-80-70-31-14-9-25-60(70)56-37-34-48(42-64(56)55-21-5-4-20-54(55)63-27-17-33-72(79)75(63)80)49-35-39-69-65(43-49)59-24-8-13-30-68(59)77(69)66-28-11-6-22-57(66)58-23-7-12-29-67(58)77/h4-46H,1-3H3. The summed E-state index contributed by atoms with van der Waals surface area (Å²) in [6.07, 6.45) is 5.82. The predicted molar refractivity (Wildman–Crippen MR) is 333 cm³/mol. The maximum atomic E-state index is 6.85. The van der Waals surface area contributed by atoms with Gasteiger partial charge in [0.05, 0.1) is 38.9 Å². The third kappa shape index (κ3) is 6.62. The molecule has 0 bridgehead atoms. The maximum absolute atomic E-state index is 6.85. The minimum absolute atomic E-state index is 0.0265. The van der Waals surface area contributed by atoms with Crippen LogP contribution in [0.1, 0.15) is 48.6 Å². The number of fused-ring (bicyclic) bond motifs is 20. The lowest BCUT2D eigenvalue weighted by molar-refractivity contribution is -0.571. The highest BCUT2D eigenvalue weighted by atomic mass is 16.5. The van der Waals surface area contributed by atoms with Crippen LogP contribution in [0.5, 0.6) is 11.5 Å². The average Bonchev–Trinajstić information content (AvgIpc) is 3.01. The predicted octanol–water partition coefficient (Wildman–Crippen LogP) is 18.6. The average molecular weight is 1050 g/mol. The quantitative estimate of drug-likeness (QED) is 0.127. The summed E-state index contributed by atoms with van der Waals surface area (Å²) >= 11 is 0. The van der Waals surface area contributed by atoms with Crippen LogP contribution < -0.4 is 9.30 Å². The van der Waals surface area contributed by atoms with E-state index in [0.717, 1.165) is 78.4 Å². The summed E-state index contributed by atoms with van der Waals surface area (Å²) in [5.41, 5.74) is 27.0. The Balaban J connectivity index is 0.778. The monoisotopic (exact) mass is 1050 g/mol. The van der Waals surface area contributed by atoms with Crippen LogP contribution >= 0.6 is 0 Å². The number of aromatic nitrogens is 4. The van der Waals surface area contributed by atoms with Gasteiger partial charge >= 0.3 is 0 Å². The van der Waals surface area contributed by atoms with Crippen molar-refractivity contribution in [1.82, 2.24) is 14.1 Å². The first-order valence-electron chi connectivity index (χ1n) is 28.3. The number of imidazole rings is 1. The Morgan fingerprint density at radius 3 is 1.73 bits per heavy atom. The lowest BCUT2D eigenvalue weighted by atomic mass is 9.70. The van der Waals surface area contributed by atoms with Crippen LogP contribution in [0.15, 0.2) is 261 Å². The molecule has 14 aromatic rings. The number of pyridine rings is 1. The van der Waals surface area contributed by atoms with Crippen molar-refractivity contribution in [3.8, 4) is 95.5 Å². The fourth-order valence-electron chi connectivity index (χ4n) is 14.1. The second kappa shape index (κ2) is 17.3. The highest BCUT2D eigenvalue weighted by Gasteiger charge is 2.51. The molecule has 3 aliphatic rings. The van der Waals surface area contributed by atoms with E-state index in [1.807, 2.05) is 12.3 Å². The topological polar surface area (TPSA) is 35.9 Å². The number of para-hydroxylation sites is 3.